The Hall–Kier alpha value is -1.84. The summed E-state index contributed by atoms with van der Waals surface area (Å²) in [6, 6.07) is 17.3. The van der Waals surface area contributed by atoms with E-state index in [0.717, 1.165) is 37.5 Å². The molecule has 2 aromatic carbocycles. The maximum atomic E-state index is 5.50. The third-order valence-electron chi connectivity index (χ3n) is 4.13. The van der Waals surface area contributed by atoms with Crippen LogP contribution in [0, 0.1) is 0 Å². The van der Waals surface area contributed by atoms with Crippen molar-refractivity contribution in [2.75, 3.05) is 20.3 Å². The molecule has 1 unspecified atom stereocenters. The van der Waals surface area contributed by atoms with E-state index in [9.17, 15) is 0 Å². The van der Waals surface area contributed by atoms with Crippen molar-refractivity contribution in [3.63, 3.8) is 0 Å². The average molecular weight is 297 g/mol. The molecule has 0 amide bonds. The van der Waals surface area contributed by atoms with Crippen LogP contribution in [0.4, 0.5) is 0 Å². The molecule has 1 atom stereocenters. The Morgan fingerprint density at radius 3 is 2.68 bits per heavy atom. The third kappa shape index (κ3) is 3.67. The van der Waals surface area contributed by atoms with Crippen molar-refractivity contribution in [3.8, 4) is 16.9 Å². The molecular weight excluding hydrogens is 274 g/mol. The Labute approximate surface area is 132 Å². The quantitative estimate of drug-likeness (QED) is 0.914. The lowest BCUT2D eigenvalue weighted by molar-refractivity contribution is 0.0699. The molecule has 0 bridgehead atoms. The van der Waals surface area contributed by atoms with E-state index in [2.05, 4.69) is 35.6 Å². The van der Waals surface area contributed by atoms with Crippen molar-refractivity contribution in [2.45, 2.75) is 25.4 Å². The van der Waals surface area contributed by atoms with Gasteiger partial charge in [0.1, 0.15) is 5.75 Å². The molecule has 0 aliphatic carbocycles. The minimum Gasteiger partial charge on any atom is -0.496 e. The van der Waals surface area contributed by atoms with Gasteiger partial charge in [-0.3, -0.25) is 0 Å². The van der Waals surface area contributed by atoms with Gasteiger partial charge >= 0.3 is 0 Å². The Bertz CT molecular complexity index is 589. The molecule has 1 heterocycles. The number of rotatable bonds is 5. The van der Waals surface area contributed by atoms with Gasteiger partial charge in [0.2, 0.25) is 0 Å². The molecule has 116 valence electrons. The van der Waals surface area contributed by atoms with Crippen LogP contribution >= 0.6 is 0 Å². The van der Waals surface area contributed by atoms with E-state index in [4.69, 9.17) is 9.47 Å². The highest BCUT2D eigenvalue weighted by atomic mass is 16.5. The molecule has 1 saturated heterocycles. The number of benzene rings is 2. The van der Waals surface area contributed by atoms with Gasteiger partial charge < -0.3 is 14.8 Å². The van der Waals surface area contributed by atoms with Crippen molar-refractivity contribution >= 4 is 0 Å². The first-order valence-corrected chi connectivity index (χ1v) is 7.90. The molecule has 1 aliphatic rings. The van der Waals surface area contributed by atoms with E-state index in [0.29, 0.717) is 6.04 Å². The molecule has 3 nitrogen and oxygen atoms in total. The van der Waals surface area contributed by atoms with Crippen molar-refractivity contribution in [2.24, 2.45) is 0 Å². The van der Waals surface area contributed by atoms with Gasteiger partial charge in [-0.2, -0.15) is 0 Å². The van der Waals surface area contributed by atoms with Crippen LogP contribution in [0.1, 0.15) is 18.4 Å². The van der Waals surface area contributed by atoms with E-state index in [1.54, 1.807) is 7.11 Å². The maximum Gasteiger partial charge on any atom is 0.126 e. The highest BCUT2D eigenvalue weighted by Gasteiger charge is 2.12. The zero-order valence-electron chi connectivity index (χ0n) is 13.0. The van der Waals surface area contributed by atoms with E-state index in [-0.39, 0.29) is 0 Å². The van der Waals surface area contributed by atoms with Crippen LogP contribution in [0.3, 0.4) is 0 Å². The topological polar surface area (TPSA) is 30.5 Å². The lowest BCUT2D eigenvalue weighted by Gasteiger charge is -2.23. The molecule has 1 fully saturated rings. The molecule has 3 heteroatoms. The molecule has 1 aliphatic heterocycles. The van der Waals surface area contributed by atoms with Gasteiger partial charge in [-0.1, -0.05) is 42.5 Å². The average Bonchev–Trinajstić information content (AvgIpc) is 2.61. The Morgan fingerprint density at radius 2 is 1.95 bits per heavy atom. The molecular formula is C19H23NO2. The first-order chi connectivity index (χ1) is 10.9. The predicted octanol–water partition coefficient (Wildman–Crippen LogP) is 3.63. The fraction of sp³-hybridized carbons (Fsp3) is 0.368. The minimum absolute atomic E-state index is 0.489. The van der Waals surface area contributed by atoms with Crippen LogP contribution in [-0.2, 0) is 11.3 Å². The summed E-state index contributed by atoms with van der Waals surface area (Å²) in [6.45, 7) is 2.63. The fourth-order valence-corrected chi connectivity index (χ4v) is 2.85. The molecule has 3 rings (SSSR count). The number of para-hydroxylation sites is 1. The van der Waals surface area contributed by atoms with E-state index in [1.165, 1.54) is 17.5 Å². The molecule has 0 saturated carbocycles. The van der Waals surface area contributed by atoms with Crippen LogP contribution in [0.5, 0.6) is 5.75 Å². The van der Waals surface area contributed by atoms with Crippen molar-refractivity contribution in [1.29, 1.82) is 0 Å². The lowest BCUT2D eigenvalue weighted by Crippen LogP contribution is -2.36. The van der Waals surface area contributed by atoms with Crippen molar-refractivity contribution < 1.29 is 9.47 Å². The second-order valence-electron chi connectivity index (χ2n) is 5.69. The number of hydrogen-bond donors (Lipinski definition) is 1. The summed E-state index contributed by atoms with van der Waals surface area (Å²) in [7, 11) is 1.71. The lowest BCUT2D eigenvalue weighted by atomic mass is 10.0. The maximum absolute atomic E-state index is 5.50. The van der Waals surface area contributed by atoms with Gasteiger partial charge in [0.25, 0.3) is 0 Å². The molecule has 22 heavy (non-hydrogen) atoms. The molecule has 0 radical (unpaired) electrons. The zero-order chi connectivity index (χ0) is 15.2. The highest BCUT2D eigenvalue weighted by molar-refractivity contribution is 5.70. The summed E-state index contributed by atoms with van der Waals surface area (Å²) in [5.74, 6) is 0.910. The van der Waals surface area contributed by atoms with Gasteiger partial charge in [0.15, 0.2) is 0 Å². The summed E-state index contributed by atoms with van der Waals surface area (Å²) in [4.78, 5) is 0. The highest BCUT2D eigenvalue weighted by Crippen LogP contribution is 2.29. The fourth-order valence-electron chi connectivity index (χ4n) is 2.85. The largest absolute Gasteiger partial charge is 0.496 e. The summed E-state index contributed by atoms with van der Waals surface area (Å²) < 4.78 is 10.9. The van der Waals surface area contributed by atoms with Crippen LogP contribution in [0.15, 0.2) is 48.5 Å². The molecule has 1 N–H and O–H groups in total. The summed E-state index contributed by atoms with van der Waals surface area (Å²) in [5.41, 5.74) is 3.61. The second kappa shape index (κ2) is 7.43. The van der Waals surface area contributed by atoms with Gasteiger partial charge in [-0.25, -0.2) is 0 Å². The Kier molecular flexibility index (Phi) is 5.09. The zero-order valence-corrected chi connectivity index (χ0v) is 13.0. The molecule has 2 aromatic rings. The summed E-state index contributed by atoms with van der Waals surface area (Å²) in [6.07, 6.45) is 2.36. The van der Waals surface area contributed by atoms with Gasteiger partial charge in [0.05, 0.1) is 13.7 Å². The van der Waals surface area contributed by atoms with E-state index < -0.39 is 0 Å². The second-order valence-corrected chi connectivity index (χ2v) is 5.69. The van der Waals surface area contributed by atoms with Crippen molar-refractivity contribution in [1.82, 2.24) is 5.32 Å². The first-order valence-electron chi connectivity index (χ1n) is 7.90. The molecule has 0 aromatic heterocycles. The smallest absolute Gasteiger partial charge is 0.126 e. The summed E-state index contributed by atoms with van der Waals surface area (Å²) >= 11 is 0. The number of nitrogens with one attached hydrogen (secondary N) is 1. The van der Waals surface area contributed by atoms with Crippen molar-refractivity contribution in [3.05, 3.63) is 54.1 Å². The van der Waals surface area contributed by atoms with Gasteiger partial charge in [-0.05, 0) is 30.0 Å². The van der Waals surface area contributed by atoms with E-state index in [1.807, 2.05) is 18.2 Å². The third-order valence-corrected chi connectivity index (χ3v) is 4.13. The predicted molar refractivity (Wildman–Crippen MR) is 89.1 cm³/mol. The van der Waals surface area contributed by atoms with Crippen LogP contribution in [0.2, 0.25) is 0 Å². The minimum atomic E-state index is 0.489. The van der Waals surface area contributed by atoms with Gasteiger partial charge in [-0.15, -0.1) is 0 Å². The first kappa shape index (κ1) is 15.1. The van der Waals surface area contributed by atoms with Crippen LogP contribution in [0.25, 0.3) is 11.1 Å². The Morgan fingerprint density at radius 1 is 1.14 bits per heavy atom. The normalized spacial score (nSPS) is 18.1. The monoisotopic (exact) mass is 297 g/mol. The standard InChI is InChI=1S/C19H23NO2/c1-21-19-7-3-2-6-18(19)16-10-8-15(9-11-16)13-20-17-5-4-12-22-14-17/h2-3,6-11,17,20H,4-5,12-14H2,1H3. The summed E-state index contributed by atoms with van der Waals surface area (Å²) in [5, 5.41) is 3.57. The SMILES string of the molecule is COc1ccccc1-c1ccc(CNC2CCCOC2)cc1. The van der Waals surface area contributed by atoms with Crippen LogP contribution < -0.4 is 10.1 Å². The number of ether oxygens (including phenoxy) is 2. The molecule has 0 spiro atoms. The number of hydrogen-bond acceptors (Lipinski definition) is 3. The van der Waals surface area contributed by atoms with Crippen LogP contribution in [-0.4, -0.2) is 26.4 Å². The number of methoxy groups -OCH3 is 1. The van der Waals surface area contributed by atoms with Gasteiger partial charge in [0, 0.05) is 24.8 Å². The van der Waals surface area contributed by atoms with E-state index >= 15 is 0 Å². The Balaban J connectivity index is 1.64.